The molecule has 4 rings (SSSR count). The number of rotatable bonds is 5. The molecule has 32 heavy (non-hydrogen) atoms. The van der Waals surface area contributed by atoms with E-state index in [1.165, 1.54) is 4.57 Å². The van der Waals surface area contributed by atoms with Gasteiger partial charge in [-0.3, -0.25) is 24.8 Å². The first-order valence-electron chi connectivity index (χ1n) is 9.41. The van der Waals surface area contributed by atoms with E-state index in [-0.39, 0.29) is 40.2 Å². The zero-order valence-electron chi connectivity index (χ0n) is 16.9. The van der Waals surface area contributed by atoms with Gasteiger partial charge >= 0.3 is 17.3 Å². The average molecular weight is 436 g/mol. The minimum Gasteiger partial charge on any atom is -0.462 e. The van der Waals surface area contributed by atoms with Crippen LogP contribution in [0.2, 0.25) is 0 Å². The van der Waals surface area contributed by atoms with E-state index in [0.717, 1.165) is 17.7 Å². The van der Waals surface area contributed by atoms with Crippen molar-refractivity contribution in [2.75, 3.05) is 12.3 Å². The molecule has 2 aromatic carbocycles. The summed E-state index contributed by atoms with van der Waals surface area (Å²) in [6.45, 7) is 3.60. The number of nitrogen functional groups attached to an aromatic ring is 1. The quantitative estimate of drug-likeness (QED) is 0.279. The van der Waals surface area contributed by atoms with Crippen molar-refractivity contribution in [1.82, 2.24) is 14.5 Å². The van der Waals surface area contributed by atoms with Crippen LogP contribution in [0.5, 0.6) is 0 Å². The largest absolute Gasteiger partial charge is 0.462 e. The highest BCUT2D eigenvalue weighted by molar-refractivity contribution is 6.09. The van der Waals surface area contributed by atoms with Gasteiger partial charge in [-0.25, -0.2) is 14.8 Å². The summed E-state index contributed by atoms with van der Waals surface area (Å²) in [4.78, 5) is 42.4. The molecule has 0 atom stereocenters. The highest BCUT2D eigenvalue weighted by Gasteiger charge is 2.29. The molecule has 162 valence electrons. The SMILES string of the molecule is CCOC(=O)c1c(N)n(-c2cccc(C)c2)c2nc3cc([N+](=O)[O-])c([N+](=O)[O-])cc3nc12. The summed E-state index contributed by atoms with van der Waals surface area (Å²) in [6, 6.07) is 9.17. The third kappa shape index (κ3) is 3.23. The second-order valence-electron chi connectivity index (χ2n) is 6.89. The van der Waals surface area contributed by atoms with Crippen LogP contribution >= 0.6 is 0 Å². The summed E-state index contributed by atoms with van der Waals surface area (Å²) in [5.41, 5.74) is 6.59. The molecule has 0 radical (unpaired) electrons. The molecule has 0 aliphatic heterocycles. The summed E-state index contributed by atoms with van der Waals surface area (Å²) in [6.07, 6.45) is 0. The van der Waals surface area contributed by atoms with Gasteiger partial charge in [-0.05, 0) is 31.5 Å². The maximum Gasteiger partial charge on any atom is 0.348 e. The Hall–Kier alpha value is -4.61. The lowest BCUT2D eigenvalue weighted by Crippen LogP contribution is -2.09. The molecule has 0 saturated carbocycles. The van der Waals surface area contributed by atoms with E-state index >= 15 is 0 Å². The highest BCUT2D eigenvalue weighted by Crippen LogP contribution is 2.35. The molecular weight excluding hydrogens is 420 g/mol. The molecule has 2 N–H and O–H groups in total. The Morgan fingerprint density at radius 1 is 1.09 bits per heavy atom. The summed E-state index contributed by atoms with van der Waals surface area (Å²) in [7, 11) is 0. The van der Waals surface area contributed by atoms with E-state index in [9.17, 15) is 25.0 Å². The number of nitro groups is 2. The first-order valence-corrected chi connectivity index (χ1v) is 9.41. The maximum atomic E-state index is 12.7. The molecule has 12 nitrogen and oxygen atoms in total. The molecule has 4 aromatic rings. The van der Waals surface area contributed by atoms with Crippen LogP contribution in [0.3, 0.4) is 0 Å². The van der Waals surface area contributed by atoms with E-state index in [0.29, 0.717) is 5.69 Å². The van der Waals surface area contributed by atoms with Crippen molar-refractivity contribution in [2.45, 2.75) is 13.8 Å². The van der Waals surface area contributed by atoms with E-state index in [1.54, 1.807) is 19.1 Å². The molecule has 0 aliphatic carbocycles. The Labute approximate surface area is 179 Å². The summed E-state index contributed by atoms with van der Waals surface area (Å²) in [5.74, 6) is -0.713. The molecule has 0 amide bonds. The van der Waals surface area contributed by atoms with Crippen LogP contribution in [-0.4, -0.2) is 37.0 Å². The minimum absolute atomic E-state index is 0.00161. The first-order chi connectivity index (χ1) is 15.2. The predicted molar refractivity (Wildman–Crippen MR) is 115 cm³/mol. The van der Waals surface area contributed by atoms with Crippen molar-refractivity contribution in [3.05, 3.63) is 67.8 Å². The fraction of sp³-hybridized carbons (Fsp3) is 0.150. The number of aromatic nitrogens is 3. The zero-order chi connectivity index (χ0) is 23.2. The van der Waals surface area contributed by atoms with Crippen LogP contribution < -0.4 is 5.73 Å². The van der Waals surface area contributed by atoms with Crippen LogP contribution in [0.4, 0.5) is 17.2 Å². The van der Waals surface area contributed by atoms with Gasteiger partial charge in [0, 0.05) is 5.69 Å². The number of nitro benzene ring substituents is 2. The van der Waals surface area contributed by atoms with Crippen LogP contribution in [0.1, 0.15) is 22.8 Å². The fourth-order valence-corrected chi connectivity index (χ4v) is 3.47. The van der Waals surface area contributed by atoms with Gasteiger partial charge in [0.25, 0.3) is 0 Å². The number of anilines is 1. The van der Waals surface area contributed by atoms with Gasteiger partial charge in [-0.2, -0.15) is 0 Å². The second-order valence-corrected chi connectivity index (χ2v) is 6.89. The molecule has 0 aliphatic rings. The standard InChI is InChI=1S/C20H16N6O6/c1-3-32-20(27)16-17-19(24(18(16)21)11-6-4-5-10(2)7-11)23-13-9-15(26(30)31)14(25(28)29)8-12(13)22-17/h4-9H,3,21H2,1-2H3. The number of esters is 1. The molecule has 0 bridgehead atoms. The smallest absolute Gasteiger partial charge is 0.348 e. The maximum absolute atomic E-state index is 12.7. The lowest BCUT2D eigenvalue weighted by Gasteiger charge is -2.08. The fourth-order valence-electron chi connectivity index (χ4n) is 3.47. The lowest BCUT2D eigenvalue weighted by molar-refractivity contribution is -0.422. The summed E-state index contributed by atoms with van der Waals surface area (Å²) >= 11 is 0. The number of nitrogens with zero attached hydrogens (tertiary/aromatic N) is 5. The van der Waals surface area contributed by atoms with Crippen LogP contribution in [-0.2, 0) is 4.74 Å². The number of hydrogen-bond donors (Lipinski definition) is 1. The van der Waals surface area contributed by atoms with Crippen molar-refractivity contribution in [1.29, 1.82) is 0 Å². The molecule has 0 saturated heterocycles. The topological polar surface area (TPSA) is 169 Å². The van der Waals surface area contributed by atoms with Gasteiger partial charge < -0.3 is 10.5 Å². The predicted octanol–water partition coefficient (Wildman–Crippen LogP) is 3.46. The number of carbonyl (C=O) groups is 1. The highest BCUT2D eigenvalue weighted by atomic mass is 16.6. The Kier molecular flexibility index (Phi) is 4.89. The van der Waals surface area contributed by atoms with E-state index in [2.05, 4.69) is 9.97 Å². The summed E-state index contributed by atoms with van der Waals surface area (Å²) in [5, 5.41) is 22.7. The zero-order valence-corrected chi connectivity index (χ0v) is 16.9. The van der Waals surface area contributed by atoms with Crippen LogP contribution in [0.25, 0.3) is 27.9 Å². The normalized spacial score (nSPS) is 11.1. The Balaban J connectivity index is 2.14. The van der Waals surface area contributed by atoms with Crippen molar-refractivity contribution in [3.8, 4) is 5.69 Å². The minimum atomic E-state index is -0.873. The van der Waals surface area contributed by atoms with Crippen molar-refractivity contribution in [3.63, 3.8) is 0 Å². The van der Waals surface area contributed by atoms with Crippen molar-refractivity contribution < 1.29 is 19.4 Å². The molecule has 2 heterocycles. The van der Waals surface area contributed by atoms with Crippen LogP contribution in [0.15, 0.2) is 36.4 Å². The molecular formula is C20H16N6O6. The monoisotopic (exact) mass is 436 g/mol. The second kappa shape index (κ2) is 7.58. The molecule has 2 aromatic heterocycles. The third-order valence-corrected chi connectivity index (χ3v) is 4.82. The van der Waals surface area contributed by atoms with Gasteiger partial charge in [-0.15, -0.1) is 0 Å². The van der Waals surface area contributed by atoms with Gasteiger partial charge in [0.2, 0.25) is 0 Å². The number of ether oxygens (including phenoxy) is 1. The third-order valence-electron chi connectivity index (χ3n) is 4.82. The van der Waals surface area contributed by atoms with E-state index in [1.807, 2.05) is 19.1 Å². The number of fused-ring (bicyclic) bond motifs is 2. The average Bonchev–Trinajstić information content (AvgIpc) is 3.01. The number of hydrogen-bond acceptors (Lipinski definition) is 9. The number of benzene rings is 2. The van der Waals surface area contributed by atoms with E-state index < -0.39 is 27.2 Å². The Morgan fingerprint density at radius 3 is 2.28 bits per heavy atom. The molecule has 0 fully saturated rings. The Morgan fingerprint density at radius 2 is 1.72 bits per heavy atom. The van der Waals surface area contributed by atoms with Gasteiger partial charge in [0.05, 0.1) is 39.6 Å². The van der Waals surface area contributed by atoms with E-state index in [4.69, 9.17) is 10.5 Å². The lowest BCUT2D eigenvalue weighted by atomic mass is 10.2. The molecule has 0 spiro atoms. The number of aryl methyl sites for hydroxylation is 1. The first kappa shape index (κ1) is 20.7. The number of nitrogens with two attached hydrogens (primary N) is 1. The van der Waals surface area contributed by atoms with Gasteiger partial charge in [0.1, 0.15) is 16.9 Å². The summed E-state index contributed by atoms with van der Waals surface area (Å²) < 4.78 is 6.61. The molecule has 0 unspecified atom stereocenters. The molecule has 12 heteroatoms. The van der Waals surface area contributed by atoms with Gasteiger partial charge in [-0.1, -0.05) is 12.1 Å². The van der Waals surface area contributed by atoms with Crippen molar-refractivity contribution in [2.24, 2.45) is 0 Å². The van der Waals surface area contributed by atoms with Crippen molar-refractivity contribution >= 4 is 45.4 Å². The van der Waals surface area contributed by atoms with Crippen LogP contribution in [0, 0.1) is 27.2 Å². The Bertz CT molecular complexity index is 1440. The van der Waals surface area contributed by atoms with Gasteiger partial charge in [0.15, 0.2) is 5.65 Å². The number of carbonyl (C=O) groups excluding carboxylic acids is 1.